The molecule has 0 radical (unpaired) electrons. The van der Waals surface area contributed by atoms with Gasteiger partial charge in [-0.25, -0.2) is 9.52 Å². The summed E-state index contributed by atoms with van der Waals surface area (Å²) in [5.74, 6) is 1.14. The lowest BCUT2D eigenvalue weighted by molar-refractivity contribution is 0.0525. The van der Waals surface area contributed by atoms with Crippen molar-refractivity contribution in [2.75, 3.05) is 45.8 Å². The van der Waals surface area contributed by atoms with E-state index < -0.39 is 15.8 Å². The molecular weight excluding hydrogens is 500 g/mol. The van der Waals surface area contributed by atoms with Gasteiger partial charge in [0.05, 0.1) is 0 Å². The lowest BCUT2D eigenvalue weighted by Crippen LogP contribution is -2.45. The average molecular weight is 551 g/mol. The summed E-state index contributed by atoms with van der Waals surface area (Å²) in [4.78, 5) is 14.4. The molecular formula is C29H50N4O4S. The van der Waals surface area contributed by atoms with Gasteiger partial charge in [-0.05, 0) is 89.8 Å². The van der Waals surface area contributed by atoms with Crippen LogP contribution in [0.15, 0.2) is 30.3 Å². The maximum absolute atomic E-state index is 12.9. The van der Waals surface area contributed by atoms with Crippen LogP contribution in [0.2, 0.25) is 0 Å². The number of hydrogen-bond acceptors (Lipinski definition) is 5. The SMILES string of the molecule is CC(C)(C)OC(=O)NCCCN(CCCNS(=O)(=O)N1CCC(c2ccccc2)CC1)CC1CCCCC1. The lowest BCUT2D eigenvalue weighted by Gasteiger charge is -2.32. The fourth-order valence-electron chi connectivity index (χ4n) is 5.59. The standard InChI is InChI=1S/C29H50N4O4S/c1-29(2,3)37-28(34)30-18-10-20-32(24-25-12-6-4-7-13-25)21-11-19-31-38(35,36)33-22-16-27(17-23-33)26-14-8-5-9-15-26/h5,8-9,14-15,25,27,31H,4,6-7,10-13,16-24H2,1-3H3,(H,30,34). The topological polar surface area (TPSA) is 91.0 Å². The first kappa shape index (κ1) is 30.9. The molecule has 216 valence electrons. The number of carbonyl (C=O) groups is 1. The molecule has 1 aromatic carbocycles. The van der Waals surface area contributed by atoms with E-state index in [-0.39, 0.29) is 6.09 Å². The van der Waals surface area contributed by atoms with Gasteiger partial charge in [0.1, 0.15) is 5.60 Å². The Balaban J connectivity index is 1.39. The Labute approximate surface area is 231 Å². The van der Waals surface area contributed by atoms with E-state index in [9.17, 15) is 13.2 Å². The summed E-state index contributed by atoms with van der Waals surface area (Å²) in [6.45, 7) is 10.5. The Morgan fingerprint density at radius 3 is 2.24 bits per heavy atom. The molecule has 1 aliphatic carbocycles. The van der Waals surface area contributed by atoms with Gasteiger partial charge in [0.2, 0.25) is 0 Å². The molecule has 0 aromatic heterocycles. The highest BCUT2D eigenvalue weighted by Crippen LogP contribution is 2.28. The second-order valence-electron chi connectivity index (χ2n) is 11.9. The Kier molecular flexibility index (Phi) is 12.3. The molecule has 0 spiro atoms. The zero-order valence-electron chi connectivity index (χ0n) is 23.8. The van der Waals surface area contributed by atoms with E-state index >= 15 is 0 Å². The molecule has 9 heteroatoms. The summed E-state index contributed by atoms with van der Waals surface area (Å²) in [6.07, 6.45) is 9.45. The van der Waals surface area contributed by atoms with Crippen LogP contribution in [-0.4, -0.2) is 75.1 Å². The number of carbonyl (C=O) groups excluding carboxylic acids is 1. The highest BCUT2D eigenvalue weighted by atomic mass is 32.2. The number of nitrogens with one attached hydrogen (secondary N) is 2. The number of benzene rings is 1. The summed E-state index contributed by atoms with van der Waals surface area (Å²) >= 11 is 0. The van der Waals surface area contributed by atoms with E-state index in [2.05, 4.69) is 39.2 Å². The number of piperidine rings is 1. The maximum Gasteiger partial charge on any atom is 0.407 e. The van der Waals surface area contributed by atoms with Crippen molar-refractivity contribution in [2.45, 2.75) is 90.1 Å². The molecule has 38 heavy (non-hydrogen) atoms. The van der Waals surface area contributed by atoms with Crippen molar-refractivity contribution in [1.29, 1.82) is 0 Å². The van der Waals surface area contributed by atoms with Gasteiger partial charge in [-0.3, -0.25) is 0 Å². The minimum absolute atomic E-state index is 0.376. The van der Waals surface area contributed by atoms with Crippen LogP contribution in [0.5, 0.6) is 0 Å². The third-order valence-electron chi connectivity index (χ3n) is 7.56. The molecule has 1 heterocycles. The van der Waals surface area contributed by atoms with E-state index in [1.54, 1.807) is 4.31 Å². The third kappa shape index (κ3) is 11.2. The van der Waals surface area contributed by atoms with Gasteiger partial charge in [0, 0.05) is 32.7 Å². The molecule has 1 aromatic rings. The summed E-state index contributed by atoms with van der Waals surface area (Å²) < 4.78 is 35.6. The molecule has 0 unspecified atom stereocenters. The minimum Gasteiger partial charge on any atom is -0.444 e. The van der Waals surface area contributed by atoms with Crippen molar-refractivity contribution in [3.05, 3.63) is 35.9 Å². The van der Waals surface area contributed by atoms with Crippen molar-refractivity contribution in [3.8, 4) is 0 Å². The zero-order chi connectivity index (χ0) is 27.4. The Hall–Kier alpha value is -1.68. The molecule has 1 amide bonds. The Morgan fingerprint density at radius 1 is 0.974 bits per heavy atom. The molecule has 0 atom stereocenters. The van der Waals surface area contributed by atoms with Crippen LogP contribution in [0, 0.1) is 5.92 Å². The van der Waals surface area contributed by atoms with Crippen LogP contribution in [-0.2, 0) is 14.9 Å². The van der Waals surface area contributed by atoms with Crippen LogP contribution >= 0.6 is 0 Å². The van der Waals surface area contributed by atoms with E-state index in [1.165, 1.54) is 37.7 Å². The van der Waals surface area contributed by atoms with Crippen LogP contribution in [0.4, 0.5) is 4.79 Å². The van der Waals surface area contributed by atoms with Crippen molar-refractivity contribution in [2.24, 2.45) is 5.92 Å². The highest BCUT2D eigenvalue weighted by molar-refractivity contribution is 7.87. The lowest BCUT2D eigenvalue weighted by atomic mass is 9.89. The summed E-state index contributed by atoms with van der Waals surface area (Å²) in [5.41, 5.74) is 0.805. The second kappa shape index (κ2) is 15.2. The quantitative estimate of drug-likeness (QED) is 0.342. The summed E-state index contributed by atoms with van der Waals surface area (Å²) in [5, 5.41) is 2.85. The predicted molar refractivity (Wildman–Crippen MR) is 153 cm³/mol. The smallest absolute Gasteiger partial charge is 0.407 e. The van der Waals surface area contributed by atoms with Crippen molar-refractivity contribution in [1.82, 2.24) is 19.2 Å². The molecule has 2 aliphatic rings. The Morgan fingerprint density at radius 2 is 1.61 bits per heavy atom. The van der Waals surface area contributed by atoms with E-state index in [4.69, 9.17) is 4.74 Å². The maximum atomic E-state index is 12.9. The number of alkyl carbamates (subject to hydrolysis) is 1. The normalized spacial score (nSPS) is 18.5. The second-order valence-corrected chi connectivity index (χ2v) is 13.7. The van der Waals surface area contributed by atoms with Gasteiger partial charge in [-0.15, -0.1) is 0 Å². The fraction of sp³-hybridized carbons (Fsp3) is 0.759. The predicted octanol–water partition coefficient (Wildman–Crippen LogP) is 4.89. The number of ether oxygens (including phenoxy) is 1. The van der Waals surface area contributed by atoms with Gasteiger partial charge in [0.25, 0.3) is 10.2 Å². The molecule has 2 fully saturated rings. The summed E-state index contributed by atoms with van der Waals surface area (Å²) in [6, 6.07) is 10.4. The highest BCUT2D eigenvalue weighted by Gasteiger charge is 2.28. The molecule has 3 rings (SSSR count). The van der Waals surface area contributed by atoms with Gasteiger partial charge in [-0.2, -0.15) is 12.7 Å². The molecule has 0 bridgehead atoms. The Bertz CT molecular complexity index is 922. The van der Waals surface area contributed by atoms with Crippen molar-refractivity contribution in [3.63, 3.8) is 0 Å². The third-order valence-corrected chi connectivity index (χ3v) is 9.17. The number of rotatable bonds is 13. The van der Waals surface area contributed by atoms with Crippen LogP contribution in [0.25, 0.3) is 0 Å². The first-order valence-corrected chi connectivity index (χ1v) is 16.1. The summed E-state index contributed by atoms with van der Waals surface area (Å²) in [7, 11) is -3.46. The largest absolute Gasteiger partial charge is 0.444 e. The van der Waals surface area contributed by atoms with Gasteiger partial charge >= 0.3 is 6.09 Å². The number of amides is 1. The first-order valence-electron chi connectivity index (χ1n) is 14.6. The van der Waals surface area contributed by atoms with Crippen LogP contribution in [0.3, 0.4) is 0 Å². The molecule has 1 aliphatic heterocycles. The zero-order valence-corrected chi connectivity index (χ0v) is 24.6. The molecule has 1 saturated carbocycles. The van der Waals surface area contributed by atoms with E-state index in [0.717, 1.165) is 45.3 Å². The van der Waals surface area contributed by atoms with Crippen molar-refractivity contribution < 1.29 is 17.9 Å². The molecule has 2 N–H and O–H groups in total. The minimum atomic E-state index is -3.46. The average Bonchev–Trinajstić information content (AvgIpc) is 2.89. The molecule has 8 nitrogen and oxygen atoms in total. The van der Waals surface area contributed by atoms with Gasteiger partial charge in [-0.1, -0.05) is 49.6 Å². The molecule has 1 saturated heterocycles. The number of nitrogens with zero attached hydrogens (tertiary/aromatic N) is 2. The fourth-order valence-corrected chi connectivity index (χ4v) is 6.86. The first-order chi connectivity index (χ1) is 18.1. The van der Waals surface area contributed by atoms with Gasteiger partial charge < -0.3 is 15.0 Å². The van der Waals surface area contributed by atoms with E-state index in [0.29, 0.717) is 38.0 Å². The van der Waals surface area contributed by atoms with Crippen LogP contribution < -0.4 is 10.0 Å². The van der Waals surface area contributed by atoms with E-state index in [1.807, 2.05) is 26.8 Å². The monoisotopic (exact) mass is 550 g/mol. The van der Waals surface area contributed by atoms with Gasteiger partial charge in [0.15, 0.2) is 0 Å². The van der Waals surface area contributed by atoms with Crippen molar-refractivity contribution >= 4 is 16.3 Å². The van der Waals surface area contributed by atoms with Crippen LogP contribution in [0.1, 0.15) is 90.0 Å². The number of hydrogen-bond donors (Lipinski definition) is 2.